The molecule has 2 atom stereocenters. The van der Waals surface area contributed by atoms with E-state index in [9.17, 15) is 4.79 Å². The van der Waals surface area contributed by atoms with Gasteiger partial charge in [-0.25, -0.2) is 0 Å². The molecule has 0 radical (unpaired) electrons. The highest BCUT2D eigenvalue weighted by molar-refractivity contribution is 5.98. The van der Waals surface area contributed by atoms with Gasteiger partial charge in [-0.15, -0.1) is 0 Å². The quantitative estimate of drug-likeness (QED) is 0.774. The van der Waals surface area contributed by atoms with E-state index in [1.54, 1.807) is 0 Å². The Kier molecular flexibility index (Phi) is 4.97. The summed E-state index contributed by atoms with van der Waals surface area (Å²) in [7, 11) is 4.07. The number of carbonyl (C=O) groups is 1. The molecule has 140 valence electrons. The molecule has 5 heteroatoms. The molecule has 1 amide bonds. The second-order valence-electron chi connectivity index (χ2n) is 7.31. The van der Waals surface area contributed by atoms with Crippen molar-refractivity contribution in [2.45, 2.75) is 12.1 Å². The monoisotopic (exact) mass is 363 g/mol. The Labute approximate surface area is 159 Å². The van der Waals surface area contributed by atoms with Crippen LogP contribution in [0.5, 0.6) is 0 Å². The van der Waals surface area contributed by atoms with Crippen LogP contribution in [0.2, 0.25) is 0 Å². The molecule has 2 aromatic carbocycles. The molecule has 1 N–H and O–H groups in total. The van der Waals surface area contributed by atoms with Crippen LogP contribution in [0.15, 0.2) is 60.8 Å². The van der Waals surface area contributed by atoms with Crippen molar-refractivity contribution in [3.8, 4) is 0 Å². The van der Waals surface area contributed by atoms with Crippen molar-refractivity contribution in [2.75, 3.05) is 33.8 Å². The van der Waals surface area contributed by atoms with Crippen molar-refractivity contribution >= 4 is 16.8 Å². The zero-order valence-electron chi connectivity index (χ0n) is 15.8. The number of morpholine rings is 1. The minimum absolute atomic E-state index is 0.0485. The number of carbonyl (C=O) groups excluding carboxylic acids is 1. The summed E-state index contributed by atoms with van der Waals surface area (Å²) in [5.74, 6) is 0.0485. The standard InChI is InChI=1S/C22H25N3O2/c1-24(2)15-20-21(17-6-4-3-5-7-17)25(12-13-27-20)22(26)18-9-8-16-10-11-23-19(16)14-18/h3-11,14,20-21,23H,12-13,15H2,1-2H3/t20-,21-/m0/s1. The SMILES string of the molecule is CN(C)C[C@@H]1OCCN(C(=O)c2ccc3cc[nH]c3c2)[C@H]1c1ccccc1. The highest BCUT2D eigenvalue weighted by atomic mass is 16.5. The number of aromatic nitrogens is 1. The summed E-state index contributed by atoms with van der Waals surface area (Å²) >= 11 is 0. The van der Waals surface area contributed by atoms with Gasteiger partial charge in [-0.2, -0.15) is 0 Å². The lowest BCUT2D eigenvalue weighted by atomic mass is 9.96. The number of nitrogens with one attached hydrogen (secondary N) is 1. The predicted octanol–water partition coefficient (Wildman–Crippen LogP) is 3.31. The Morgan fingerprint density at radius 1 is 1.19 bits per heavy atom. The van der Waals surface area contributed by atoms with E-state index in [0.717, 1.165) is 23.0 Å². The minimum atomic E-state index is -0.103. The van der Waals surface area contributed by atoms with E-state index in [1.165, 1.54) is 0 Å². The average molecular weight is 363 g/mol. The second-order valence-corrected chi connectivity index (χ2v) is 7.31. The molecule has 0 spiro atoms. The van der Waals surface area contributed by atoms with Crippen LogP contribution in [0.25, 0.3) is 10.9 Å². The normalized spacial score (nSPS) is 20.3. The first kappa shape index (κ1) is 17.8. The van der Waals surface area contributed by atoms with Crippen LogP contribution in [0.4, 0.5) is 0 Å². The third-order valence-electron chi connectivity index (χ3n) is 5.10. The summed E-state index contributed by atoms with van der Waals surface area (Å²) in [6, 6.07) is 18.0. The fourth-order valence-corrected chi connectivity index (χ4v) is 3.87. The van der Waals surface area contributed by atoms with Gasteiger partial charge in [0.15, 0.2) is 0 Å². The van der Waals surface area contributed by atoms with Gasteiger partial charge in [0.1, 0.15) is 0 Å². The van der Waals surface area contributed by atoms with Crippen molar-refractivity contribution in [2.24, 2.45) is 0 Å². The van der Waals surface area contributed by atoms with Crippen LogP contribution in [-0.2, 0) is 4.74 Å². The Balaban J connectivity index is 1.70. The lowest BCUT2D eigenvalue weighted by molar-refractivity contribution is -0.0684. The molecule has 1 aliphatic heterocycles. The fourth-order valence-electron chi connectivity index (χ4n) is 3.87. The van der Waals surface area contributed by atoms with Gasteiger partial charge in [-0.1, -0.05) is 36.4 Å². The summed E-state index contributed by atoms with van der Waals surface area (Å²) in [4.78, 5) is 20.7. The lowest BCUT2D eigenvalue weighted by Gasteiger charge is -2.42. The molecule has 0 bridgehead atoms. The molecule has 1 saturated heterocycles. The number of H-pyrrole nitrogens is 1. The first-order chi connectivity index (χ1) is 13.1. The molecule has 4 rings (SSSR count). The number of benzene rings is 2. The number of fused-ring (bicyclic) bond motifs is 1. The number of amides is 1. The number of likely N-dealkylation sites (N-methyl/N-ethyl adjacent to an activating group) is 1. The lowest BCUT2D eigenvalue weighted by Crippen LogP contribution is -2.51. The van der Waals surface area contributed by atoms with Crippen LogP contribution in [0, 0.1) is 0 Å². The van der Waals surface area contributed by atoms with Crippen molar-refractivity contribution in [1.29, 1.82) is 0 Å². The zero-order valence-corrected chi connectivity index (χ0v) is 15.8. The van der Waals surface area contributed by atoms with Crippen molar-refractivity contribution in [3.63, 3.8) is 0 Å². The summed E-state index contributed by atoms with van der Waals surface area (Å²) < 4.78 is 6.09. The van der Waals surface area contributed by atoms with E-state index in [2.05, 4.69) is 22.0 Å². The maximum absolute atomic E-state index is 13.4. The molecule has 1 aromatic heterocycles. The molecule has 1 aliphatic rings. The minimum Gasteiger partial charge on any atom is -0.373 e. The number of rotatable bonds is 4. The predicted molar refractivity (Wildman–Crippen MR) is 107 cm³/mol. The number of hydrogen-bond acceptors (Lipinski definition) is 3. The average Bonchev–Trinajstić information content (AvgIpc) is 3.15. The van der Waals surface area contributed by atoms with Gasteiger partial charge in [0, 0.05) is 30.4 Å². The van der Waals surface area contributed by atoms with E-state index in [-0.39, 0.29) is 18.1 Å². The van der Waals surface area contributed by atoms with Gasteiger partial charge in [-0.3, -0.25) is 4.79 Å². The van der Waals surface area contributed by atoms with Crippen LogP contribution >= 0.6 is 0 Å². The van der Waals surface area contributed by atoms with Gasteiger partial charge in [0.05, 0.1) is 18.8 Å². The Morgan fingerprint density at radius 2 is 2.00 bits per heavy atom. The molecular formula is C22H25N3O2. The third-order valence-corrected chi connectivity index (χ3v) is 5.10. The molecule has 3 aromatic rings. The molecule has 0 aliphatic carbocycles. The van der Waals surface area contributed by atoms with E-state index < -0.39 is 0 Å². The van der Waals surface area contributed by atoms with E-state index in [0.29, 0.717) is 18.7 Å². The Morgan fingerprint density at radius 3 is 2.78 bits per heavy atom. The third kappa shape index (κ3) is 3.61. The zero-order chi connectivity index (χ0) is 18.8. The van der Waals surface area contributed by atoms with Gasteiger partial charge >= 0.3 is 0 Å². The smallest absolute Gasteiger partial charge is 0.254 e. The fraction of sp³-hybridized carbons (Fsp3) is 0.318. The Hall–Kier alpha value is -2.63. The number of nitrogens with zero attached hydrogens (tertiary/aromatic N) is 2. The van der Waals surface area contributed by atoms with Crippen molar-refractivity contribution in [3.05, 3.63) is 71.9 Å². The number of ether oxygens (including phenoxy) is 1. The molecule has 0 saturated carbocycles. The number of hydrogen-bond donors (Lipinski definition) is 1. The molecule has 5 nitrogen and oxygen atoms in total. The van der Waals surface area contributed by atoms with Crippen LogP contribution in [0.1, 0.15) is 22.0 Å². The van der Waals surface area contributed by atoms with Gasteiger partial charge in [-0.05, 0) is 43.2 Å². The topological polar surface area (TPSA) is 48.6 Å². The van der Waals surface area contributed by atoms with Crippen LogP contribution in [0.3, 0.4) is 0 Å². The van der Waals surface area contributed by atoms with Gasteiger partial charge in [0.25, 0.3) is 5.91 Å². The van der Waals surface area contributed by atoms with E-state index in [4.69, 9.17) is 4.74 Å². The van der Waals surface area contributed by atoms with Crippen molar-refractivity contribution in [1.82, 2.24) is 14.8 Å². The van der Waals surface area contributed by atoms with E-state index in [1.807, 2.05) is 67.7 Å². The summed E-state index contributed by atoms with van der Waals surface area (Å²) in [5, 5.41) is 1.11. The maximum Gasteiger partial charge on any atom is 0.254 e. The van der Waals surface area contributed by atoms with Crippen molar-refractivity contribution < 1.29 is 9.53 Å². The molecular weight excluding hydrogens is 338 g/mol. The molecule has 1 fully saturated rings. The highest BCUT2D eigenvalue weighted by Gasteiger charge is 2.37. The first-order valence-corrected chi connectivity index (χ1v) is 9.33. The van der Waals surface area contributed by atoms with Crippen LogP contribution in [-0.4, -0.2) is 60.6 Å². The first-order valence-electron chi connectivity index (χ1n) is 9.33. The summed E-state index contributed by atoms with van der Waals surface area (Å²) in [6.45, 7) is 1.91. The molecule has 2 heterocycles. The molecule has 27 heavy (non-hydrogen) atoms. The molecule has 0 unspecified atom stereocenters. The van der Waals surface area contributed by atoms with Gasteiger partial charge < -0.3 is 19.5 Å². The maximum atomic E-state index is 13.4. The van der Waals surface area contributed by atoms with Gasteiger partial charge in [0.2, 0.25) is 0 Å². The summed E-state index contributed by atoms with van der Waals surface area (Å²) in [6.07, 6.45) is 1.84. The largest absolute Gasteiger partial charge is 0.373 e. The van der Waals surface area contributed by atoms with E-state index >= 15 is 0 Å². The highest BCUT2D eigenvalue weighted by Crippen LogP contribution is 2.31. The Bertz CT molecular complexity index is 919. The van der Waals surface area contributed by atoms with Crippen LogP contribution < -0.4 is 0 Å². The second kappa shape index (κ2) is 7.55. The number of aromatic amines is 1. The summed E-state index contributed by atoms with van der Waals surface area (Å²) in [5.41, 5.74) is 2.80.